The first-order chi connectivity index (χ1) is 6.12. The Morgan fingerprint density at radius 1 is 1.77 bits per heavy atom. The van der Waals surface area contributed by atoms with Gasteiger partial charge in [0.2, 0.25) is 0 Å². The summed E-state index contributed by atoms with van der Waals surface area (Å²) in [5.74, 6) is -0.547. The van der Waals surface area contributed by atoms with Gasteiger partial charge in [-0.2, -0.15) is 0 Å². The zero-order valence-electron chi connectivity index (χ0n) is 7.33. The Morgan fingerprint density at radius 3 is 2.92 bits per heavy atom. The maximum Gasteiger partial charge on any atom is 0.306 e. The largest absolute Gasteiger partial charge is 0.465 e. The molecule has 2 rings (SSSR count). The average molecular weight is 185 g/mol. The minimum atomic E-state index is -0.351. The van der Waals surface area contributed by atoms with E-state index in [-0.39, 0.29) is 23.6 Å². The summed E-state index contributed by atoms with van der Waals surface area (Å²) in [6.07, 6.45) is -0.00532. The molecule has 0 aromatic rings. The van der Waals surface area contributed by atoms with Crippen LogP contribution in [-0.2, 0) is 19.1 Å². The van der Waals surface area contributed by atoms with E-state index in [0.29, 0.717) is 19.6 Å². The van der Waals surface area contributed by atoms with Gasteiger partial charge in [0.1, 0.15) is 6.61 Å². The monoisotopic (exact) mass is 185 g/mol. The van der Waals surface area contributed by atoms with Crippen LogP contribution in [0.4, 0.5) is 0 Å². The summed E-state index contributed by atoms with van der Waals surface area (Å²) < 4.78 is 9.84. The van der Waals surface area contributed by atoms with Gasteiger partial charge in [0.25, 0.3) is 0 Å². The second-order valence-corrected chi connectivity index (χ2v) is 3.57. The van der Waals surface area contributed by atoms with Crippen molar-refractivity contribution < 1.29 is 19.1 Å². The van der Waals surface area contributed by atoms with Gasteiger partial charge in [0, 0.05) is 13.5 Å². The number of carbonyl (C=O) groups excluding carboxylic acids is 2. The first-order valence-electron chi connectivity index (χ1n) is 4.19. The molecule has 0 aromatic carbocycles. The highest BCUT2D eigenvalue weighted by atomic mass is 16.6. The molecule has 0 amide bonds. The molecule has 2 atom stereocenters. The summed E-state index contributed by atoms with van der Waals surface area (Å²) in [5.41, 5.74) is -0.289. The molecule has 0 bridgehead atoms. The van der Waals surface area contributed by atoms with Gasteiger partial charge >= 0.3 is 11.9 Å². The van der Waals surface area contributed by atoms with Crippen LogP contribution in [0.3, 0.4) is 0 Å². The van der Waals surface area contributed by atoms with Crippen LogP contribution < -0.4 is 5.32 Å². The van der Waals surface area contributed by atoms with Crippen LogP contribution in [0.25, 0.3) is 0 Å². The lowest BCUT2D eigenvalue weighted by Gasteiger charge is -2.44. The lowest BCUT2D eigenvalue weighted by atomic mass is 9.79. The zero-order valence-corrected chi connectivity index (χ0v) is 7.33. The Morgan fingerprint density at radius 2 is 2.54 bits per heavy atom. The van der Waals surface area contributed by atoms with E-state index in [1.54, 1.807) is 0 Å². The molecule has 0 radical (unpaired) electrons. The lowest BCUT2D eigenvalue weighted by Crippen LogP contribution is -2.64. The van der Waals surface area contributed by atoms with Crippen molar-refractivity contribution in [3.63, 3.8) is 0 Å². The molecule has 5 nitrogen and oxygen atoms in total. The van der Waals surface area contributed by atoms with Crippen molar-refractivity contribution in [2.75, 3.05) is 13.2 Å². The molecule has 2 fully saturated rings. The maximum absolute atomic E-state index is 10.9. The van der Waals surface area contributed by atoms with Crippen molar-refractivity contribution >= 4 is 11.9 Å². The van der Waals surface area contributed by atoms with Crippen molar-refractivity contribution in [1.82, 2.24) is 5.32 Å². The molecule has 2 heterocycles. The first kappa shape index (κ1) is 8.50. The SMILES string of the molecule is CC(=O)OC1NCC12COC(=O)C2. The van der Waals surface area contributed by atoms with E-state index in [1.807, 2.05) is 0 Å². The van der Waals surface area contributed by atoms with Crippen LogP contribution in [0.15, 0.2) is 0 Å². The van der Waals surface area contributed by atoms with Crippen LogP contribution in [0, 0.1) is 5.41 Å². The third kappa shape index (κ3) is 1.29. The van der Waals surface area contributed by atoms with Gasteiger partial charge in [0.05, 0.1) is 11.8 Å². The number of esters is 2. The van der Waals surface area contributed by atoms with Crippen LogP contribution >= 0.6 is 0 Å². The van der Waals surface area contributed by atoms with Crippen molar-refractivity contribution in [3.05, 3.63) is 0 Å². The van der Waals surface area contributed by atoms with Crippen LogP contribution in [0.5, 0.6) is 0 Å². The predicted molar refractivity (Wildman–Crippen MR) is 41.6 cm³/mol. The third-order valence-corrected chi connectivity index (χ3v) is 2.50. The highest BCUT2D eigenvalue weighted by Gasteiger charge is 2.55. The summed E-state index contributed by atoms with van der Waals surface area (Å²) >= 11 is 0. The smallest absolute Gasteiger partial charge is 0.306 e. The molecule has 1 N–H and O–H groups in total. The van der Waals surface area contributed by atoms with E-state index < -0.39 is 0 Å². The number of hydrogen-bond acceptors (Lipinski definition) is 5. The molecule has 0 aromatic heterocycles. The molecular formula is C8H11NO4. The summed E-state index contributed by atoms with van der Waals surface area (Å²) in [6.45, 7) is 2.39. The van der Waals surface area contributed by atoms with Crippen molar-refractivity contribution in [3.8, 4) is 0 Å². The van der Waals surface area contributed by atoms with Crippen LogP contribution in [0.1, 0.15) is 13.3 Å². The van der Waals surface area contributed by atoms with Gasteiger partial charge in [-0.15, -0.1) is 0 Å². The predicted octanol–water partition coefficient (Wildman–Crippen LogP) is -0.588. The van der Waals surface area contributed by atoms with E-state index in [1.165, 1.54) is 6.92 Å². The van der Waals surface area contributed by atoms with Crippen molar-refractivity contribution in [1.29, 1.82) is 0 Å². The van der Waals surface area contributed by atoms with Crippen molar-refractivity contribution in [2.45, 2.75) is 19.6 Å². The number of nitrogens with one attached hydrogen (secondary N) is 1. The van der Waals surface area contributed by atoms with Gasteiger partial charge in [0.15, 0.2) is 6.23 Å². The number of ether oxygens (including phenoxy) is 2. The number of carbonyl (C=O) groups is 2. The van der Waals surface area contributed by atoms with Crippen LogP contribution in [-0.4, -0.2) is 31.3 Å². The third-order valence-electron chi connectivity index (χ3n) is 2.50. The lowest BCUT2D eigenvalue weighted by molar-refractivity contribution is -0.169. The molecule has 2 unspecified atom stereocenters. The first-order valence-corrected chi connectivity index (χ1v) is 4.19. The Balaban J connectivity index is 2.00. The van der Waals surface area contributed by atoms with E-state index in [4.69, 9.17) is 9.47 Å². The summed E-state index contributed by atoms with van der Waals surface area (Å²) in [6, 6.07) is 0. The fraction of sp³-hybridized carbons (Fsp3) is 0.750. The Kier molecular flexibility index (Phi) is 1.76. The van der Waals surface area contributed by atoms with Gasteiger partial charge in [-0.25, -0.2) is 0 Å². The van der Waals surface area contributed by atoms with Crippen LogP contribution in [0.2, 0.25) is 0 Å². The Hall–Kier alpha value is -1.10. The molecule has 1 spiro atoms. The van der Waals surface area contributed by atoms with Gasteiger partial charge in [-0.05, 0) is 0 Å². The molecule has 2 saturated heterocycles. The van der Waals surface area contributed by atoms with E-state index in [9.17, 15) is 9.59 Å². The van der Waals surface area contributed by atoms with Gasteiger partial charge in [-0.1, -0.05) is 0 Å². The van der Waals surface area contributed by atoms with Gasteiger partial charge in [-0.3, -0.25) is 14.9 Å². The summed E-state index contributed by atoms with van der Waals surface area (Å²) in [5, 5.41) is 2.95. The summed E-state index contributed by atoms with van der Waals surface area (Å²) in [7, 11) is 0. The standard InChI is InChI=1S/C8H11NO4/c1-5(10)13-7-8(3-9-7)2-6(11)12-4-8/h7,9H,2-4H2,1H3. The number of cyclic esters (lactones) is 1. The van der Waals surface area contributed by atoms with Gasteiger partial charge < -0.3 is 9.47 Å². The summed E-state index contributed by atoms with van der Waals surface area (Å²) in [4.78, 5) is 21.6. The number of hydrogen-bond donors (Lipinski definition) is 1. The topological polar surface area (TPSA) is 64.6 Å². The number of rotatable bonds is 1. The molecular weight excluding hydrogens is 174 g/mol. The highest BCUT2D eigenvalue weighted by Crippen LogP contribution is 2.39. The fourth-order valence-corrected chi connectivity index (χ4v) is 1.70. The second kappa shape index (κ2) is 2.70. The molecule has 0 saturated carbocycles. The molecule has 0 aliphatic carbocycles. The molecule has 2 aliphatic rings. The molecule has 13 heavy (non-hydrogen) atoms. The molecule has 2 aliphatic heterocycles. The maximum atomic E-state index is 10.9. The molecule has 72 valence electrons. The normalized spacial score (nSPS) is 37.0. The van der Waals surface area contributed by atoms with E-state index in [2.05, 4.69) is 5.32 Å². The highest BCUT2D eigenvalue weighted by molar-refractivity contribution is 5.73. The quantitative estimate of drug-likeness (QED) is 0.553. The molecule has 5 heteroatoms. The minimum absolute atomic E-state index is 0.210. The Labute approximate surface area is 75.4 Å². The van der Waals surface area contributed by atoms with E-state index in [0.717, 1.165) is 0 Å². The average Bonchev–Trinajstić information content (AvgIpc) is 2.44. The minimum Gasteiger partial charge on any atom is -0.465 e. The van der Waals surface area contributed by atoms with Crippen molar-refractivity contribution in [2.24, 2.45) is 5.41 Å². The fourth-order valence-electron chi connectivity index (χ4n) is 1.70. The zero-order chi connectivity index (χ0) is 9.47. The van der Waals surface area contributed by atoms with E-state index >= 15 is 0 Å². The Bertz CT molecular complexity index is 265. The second-order valence-electron chi connectivity index (χ2n) is 3.57.